The minimum atomic E-state index is 0.257. The lowest BCUT2D eigenvalue weighted by molar-refractivity contribution is 0.250. The molecule has 0 bridgehead atoms. The third-order valence-corrected chi connectivity index (χ3v) is 3.64. The van der Waals surface area contributed by atoms with Gasteiger partial charge in [0.25, 0.3) is 0 Å². The summed E-state index contributed by atoms with van der Waals surface area (Å²) in [5.41, 5.74) is 1.13. The van der Waals surface area contributed by atoms with E-state index in [9.17, 15) is 0 Å². The summed E-state index contributed by atoms with van der Waals surface area (Å²) in [4.78, 5) is 0. The monoisotopic (exact) mass is 277 g/mol. The van der Waals surface area contributed by atoms with Crippen molar-refractivity contribution in [3.05, 3.63) is 52.4 Å². The molecule has 0 radical (unpaired) electrons. The Labute approximate surface area is 117 Å². The van der Waals surface area contributed by atoms with E-state index in [0.29, 0.717) is 18.2 Å². The fraction of sp³-hybridized carbons (Fsp3) is 0.333. The average Bonchev–Trinajstić information content (AvgIpc) is 2.83. The van der Waals surface area contributed by atoms with E-state index in [2.05, 4.69) is 11.4 Å². The maximum Gasteiger partial charge on any atom is 0.142 e. The van der Waals surface area contributed by atoms with E-state index in [4.69, 9.17) is 20.8 Å². The number of furan rings is 1. The Hall–Kier alpha value is -1.45. The topological polar surface area (TPSA) is 34.4 Å². The van der Waals surface area contributed by atoms with Gasteiger partial charge in [0.1, 0.15) is 17.3 Å². The molecule has 0 amide bonds. The largest absolute Gasteiger partial charge is 0.492 e. The molecule has 0 saturated carbocycles. The van der Waals surface area contributed by atoms with E-state index in [1.54, 1.807) is 0 Å². The van der Waals surface area contributed by atoms with Crippen molar-refractivity contribution in [2.24, 2.45) is 0 Å². The normalized spacial score (nSPS) is 17.9. The molecule has 0 saturated heterocycles. The van der Waals surface area contributed by atoms with Gasteiger partial charge in [-0.2, -0.15) is 0 Å². The number of halogens is 1. The second-order valence-corrected chi connectivity index (χ2v) is 5.15. The molecule has 3 rings (SSSR count). The Morgan fingerprint density at radius 3 is 3.00 bits per heavy atom. The van der Waals surface area contributed by atoms with Crippen LogP contribution in [0.4, 0.5) is 0 Å². The predicted molar refractivity (Wildman–Crippen MR) is 74.6 cm³/mol. The van der Waals surface area contributed by atoms with Crippen LogP contribution in [0.1, 0.15) is 29.5 Å². The molecule has 4 heteroatoms. The van der Waals surface area contributed by atoms with Crippen LogP contribution in [0.15, 0.2) is 34.7 Å². The number of nitrogens with one attached hydrogen (secondary N) is 1. The smallest absolute Gasteiger partial charge is 0.142 e. The van der Waals surface area contributed by atoms with E-state index in [-0.39, 0.29) is 6.04 Å². The van der Waals surface area contributed by atoms with Crippen LogP contribution in [-0.2, 0) is 6.54 Å². The van der Waals surface area contributed by atoms with E-state index in [1.165, 1.54) is 0 Å². The number of benzene rings is 1. The lowest BCUT2D eigenvalue weighted by Gasteiger charge is -2.27. The van der Waals surface area contributed by atoms with Crippen molar-refractivity contribution in [2.45, 2.75) is 25.9 Å². The first-order valence-corrected chi connectivity index (χ1v) is 6.82. The Morgan fingerprint density at radius 2 is 2.21 bits per heavy atom. The molecule has 0 spiro atoms. The second-order valence-electron chi connectivity index (χ2n) is 4.74. The van der Waals surface area contributed by atoms with Gasteiger partial charge in [-0.25, -0.2) is 0 Å². The van der Waals surface area contributed by atoms with Gasteiger partial charge >= 0.3 is 0 Å². The van der Waals surface area contributed by atoms with Gasteiger partial charge in [-0.3, -0.25) is 0 Å². The van der Waals surface area contributed by atoms with Gasteiger partial charge in [0.05, 0.1) is 18.2 Å². The van der Waals surface area contributed by atoms with E-state index < -0.39 is 0 Å². The summed E-state index contributed by atoms with van der Waals surface area (Å²) in [6.07, 6.45) is 0.938. The summed E-state index contributed by atoms with van der Waals surface area (Å²) in [5.74, 6) is 2.70. The summed E-state index contributed by atoms with van der Waals surface area (Å²) in [5, 5.41) is 4.18. The van der Waals surface area contributed by atoms with Gasteiger partial charge in [0, 0.05) is 18.0 Å². The molecule has 100 valence electrons. The molecule has 2 aromatic rings. The first-order chi connectivity index (χ1) is 9.24. The van der Waals surface area contributed by atoms with Crippen LogP contribution >= 0.6 is 11.6 Å². The Morgan fingerprint density at radius 1 is 1.32 bits per heavy atom. The molecule has 1 N–H and O–H groups in total. The van der Waals surface area contributed by atoms with Crippen LogP contribution in [0.3, 0.4) is 0 Å². The van der Waals surface area contributed by atoms with Crippen molar-refractivity contribution in [1.82, 2.24) is 5.32 Å². The maximum absolute atomic E-state index is 6.16. The van der Waals surface area contributed by atoms with Crippen molar-refractivity contribution in [3.63, 3.8) is 0 Å². The molecular formula is C15H16ClNO2. The second kappa shape index (κ2) is 5.27. The minimum absolute atomic E-state index is 0.257. The average molecular weight is 278 g/mol. The lowest BCUT2D eigenvalue weighted by atomic mass is 10.0. The molecule has 1 aromatic heterocycles. The Balaban J connectivity index is 1.75. The van der Waals surface area contributed by atoms with Crippen LogP contribution in [-0.4, -0.2) is 6.61 Å². The first-order valence-electron chi connectivity index (χ1n) is 6.44. The standard InChI is InChI=1S/C15H16ClNO2/c1-10-5-6-11(19-10)9-17-14-7-8-18-15-12(14)3-2-4-13(15)16/h2-6,14,17H,7-9H2,1H3. The van der Waals surface area contributed by atoms with Crippen LogP contribution in [0.5, 0.6) is 5.75 Å². The van der Waals surface area contributed by atoms with Crippen molar-refractivity contribution in [2.75, 3.05) is 6.61 Å². The number of aryl methyl sites for hydroxylation is 1. The highest BCUT2D eigenvalue weighted by Crippen LogP contribution is 2.37. The minimum Gasteiger partial charge on any atom is -0.492 e. The zero-order valence-corrected chi connectivity index (χ0v) is 11.5. The summed E-state index contributed by atoms with van der Waals surface area (Å²) in [7, 11) is 0. The molecule has 2 heterocycles. The van der Waals surface area contributed by atoms with Gasteiger partial charge in [-0.05, 0) is 25.1 Å². The highest BCUT2D eigenvalue weighted by Gasteiger charge is 2.22. The van der Waals surface area contributed by atoms with E-state index in [1.807, 2.05) is 31.2 Å². The number of para-hydroxylation sites is 1. The van der Waals surface area contributed by atoms with E-state index >= 15 is 0 Å². The molecule has 1 aliphatic heterocycles. The maximum atomic E-state index is 6.16. The molecule has 1 unspecified atom stereocenters. The molecule has 0 aliphatic carbocycles. The molecule has 1 aliphatic rings. The number of ether oxygens (including phenoxy) is 1. The summed E-state index contributed by atoms with van der Waals surface area (Å²) in [6, 6.07) is 10.1. The van der Waals surface area contributed by atoms with Gasteiger partial charge in [0.2, 0.25) is 0 Å². The van der Waals surface area contributed by atoms with Gasteiger partial charge in [-0.1, -0.05) is 23.7 Å². The van der Waals surface area contributed by atoms with E-state index in [0.717, 1.165) is 29.3 Å². The quantitative estimate of drug-likeness (QED) is 0.925. The number of rotatable bonds is 3. The molecule has 19 heavy (non-hydrogen) atoms. The van der Waals surface area contributed by atoms with Crippen LogP contribution in [0.2, 0.25) is 5.02 Å². The van der Waals surface area contributed by atoms with Gasteiger partial charge in [0.15, 0.2) is 0 Å². The number of fused-ring (bicyclic) bond motifs is 1. The number of hydrogen-bond acceptors (Lipinski definition) is 3. The summed E-state index contributed by atoms with van der Waals surface area (Å²) >= 11 is 6.16. The van der Waals surface area contributed by atoms with Crippen molar-refractivity contribution < 1.29 is 9.15 Å². The first kappa shape index (κ1) is 12.6. The fourth-order valence-electron chi connectivity index (χ4n) is 2.40. The highest BCUT2D eigenvalue weighted by atomic mass is 35.5. The fourth-order valence-corrected chi connectivity index (χ4v) is 2.64. The molecule has 0 fully saturated rings. The zero-order valence-electron chi connectivity index (χ0n) is 10.8. The van der Waals surface area contributed by atoms with Crippen molar-refractivity contribution in [1.29, 1.82) is 0 Å². The SMILES string of the molecule is Cc1ccc(CNC2CCOc3c(Cl)cccc32)o1. The molecular weight excluding hydrogens is 262 g/mol. The Bertz CT molecular complexity index is 579. The van der Waals surface area contributed by atoms with Gasteiger partial charge in [-0.15, -0.1) is 0 Å². The van der Waals surface area contributed by atoms with Crippen LogP contribution < -0.4 is 10.1 Å². The van der Waals surface area contributed by atoms with Crippen LogP contribution in [0.25, 0.3) is 0 Å². The summed E-state index contributed by atoms with van der Waals surface area (Å²) in [6.45, 7) is 3.35. The lowest BCUT2D eigenvalue weighted by Crippen LogP contribution is -2.26. The highest BCUT2D eigenvalue weighted by molar-refractivity contribution is 6.32. The predicted octanol–water partition coefficient (Wildman–Crippen LogP) is 3.85. The summed E-state index contributed by atoms with van der Waals surface area (Å²) < 4.78 is 11.2. The van der Waals surface area contributed by atoms with Crippen LogP contribution in [0, 0.1) is 6.92 Å². The molecule has 3 nitrogen and oxygen atoms in total. The van der Waals surface area contributed by atoms with Crippen molar-refractivity contribution in [3.8, 4) is 5.75 Å². The number of hydrogen-bond donors (Lipinski definition) is 1. The third-order valence-electron chi connectivity index (χ3n) is 3.34. The zero-order chi connectivity index (χ0) is 13.2. The molecule has 1 aromatic carbocycles. The van der Waals surface area contributed by atoms with Crippen molar-refractivity contribution >= 4 is 11.6 Å². The third kappa shape index (κ3) is 2.62. The molecule has 1 atom stereocenters. The Kier molecular flexibility index (Phi) is 3.49. The van der Waals surface area contributed by atoms with Gasteiger partial charge < -0.3 is 14.5 Å².